The fraction of sp³-hybridized carbons (Fsp3) is 0.636. The Hall–Kier alpha value is -1.49. The Labute approximate surface area is 165 Å². The number of carbonyl (C=O) groups excluding carboxylic acids is 2. The Kier molecular flexibility index (Phi) is 4.46. The summed E-state index contributed by atoms with van der Waals surface area (Å²) in [7, 11) is 0. The van der Waals surface area contributed by atoms with Crippen LogP contribution in [0.4, 0.5) is 5.69 Å². The maximum atomic E-state index is 13.9. The third-order valence-electron chi connectivity index (χ3n) is 7.26. The second-order valence-corrected chi connectivity index (χ2v) is 9.91. The summed E-state index contributed by atoms with van der Waals surface area (Å²) in [6.45, 7) is 0. The molecular weight excluding hydrogens is 356 g/mol. The van der Waals surface area contributed by atoms with Crippen LogP contribution in [0.5, 0.6) is 0 Å². The summed E-state index contributed by atoms with van der Waals surface area (Å²) in [6.07, 6.45) is 8.43. The second-order valence-electron chi connectivity index (χ2n) is 8.66. The molecule has 1 heterocycles. The molecule has 4 unspecified atom stereocenters. The van der Waals surface area contributed by atoms with Gasteiger partial charge in [-0.2, -0.15) is 11.8 Å². The second kappa shape index (κ2) is 6.84. The van der Waals surface area contributed by atoms with Crippen LogP contribution in [0, 0.1) is 11.8 Å². The molecule has 0 aromatic heterocycles. The number of amides is 2. The van der Waals surface area contributed by atoms with E-state index in [9.17, 15) is 9.59 Å². The third-order valence-corrected chi connectivity index (χ3v) is 8.80. The summed E-state index contributed by atoms with van der Waals surface area (Å²) in [5.74, 6) is 1.91. The molecule has 4 fully saturated rings. The molecule has 5 heteroatoms. The van der Waals surface area contributed by atoms with E-state index in [4.69, 9.17) is 0 Å². The van der Waals surface area contributed by atoms with E-state index in [1.807, 2.05) is 47.0 Å². The van der Waals surface area contributed by atoms with Crippen molar-refractivity contribution < 1.29 is 9.59 Å². The molecular formula is C22H28N2O2S. The van der Waals surface area contributed by atoms with Crippen LogP contribution in [-0.4, -0.2) is 34.4 Å². The van der Waals surface area contributed by atoms with Gasteiger partial charge in [-0.1, -0.05) is 31.0 Å². The normalized spacial score (nSPS) is 35.9. The number of rotatable bonds is 3. The van der Waals surface area contributed by atoms with Crippen LogP contribution in [0.1, 0.15) is 51.4 Å². The summed E-state index contributed by atoms with van der Waals surface area (Å²) in [6, 6.07) is 10.2. The Morgan fingerprint density at radius 2 is 1.89 bits per heavy atom. The minimum atomic E-state index is -0.703. The van der Waals surface area contributed by atoms with E-state index in [0.717, 1.165) is 37.1 Å². The first-order valence-electron chi connectivity index (χ1n) is 10.5. The summed E-state index contributed by atoms with van der Waals surface area (Å²) in [5, 5.41) is 3.62. The van der Waals surface area contributed by atoms with Crippen LogP contribution in [0.25, 0.3) is 0 Å². The van der Waals surface area contributed by atoms with Crippen molar-refractivity contribution >= 4 is 29.3 Å². The zero-order chi connectivity index (χ0) is 18.4. The quantitative estimate of drug-likeness (QED) is 0.863. The summed E-state index contributed by atoms with van der Waals surface area (Å²) in [4.78, 5) is 29.2. The molecule has 0 spiro atoms. The fourth-order valence-corrected chi connectivity index (χ4v) is 7.89. The smallest absolute Gasteiger partial charge is 0.248 e. The standard InChI is InChI=1S/C22H28N2O2S/c25-19-12-13-27-20-15-10-11-16(14-15)22(20,21(26)23-17-6-4-5-7-17)24(19)18-8-2-1-3-9-18/h1-3,8-9,15-17,20H,4-7,10-14H2,(H,23,26). The molecule has 1 N–H and O–H groups in total. The number of nitrogens with zero attached hydrogens (tertiary/aromatic N) is 1. The molecule has 2 bridgehead atoms. The van der Waals surface area contributed by atoms with E-state index >= 15 is 0 Å². The van der Waals surface area contributed by atoms with Crippen LogP contribution in [0.2, 0.25) is 0 Å². The number of benzene rings is 1. The van der Waals surface area contributed by atoms with Crippen LogP contribution in [0.3, 0.4) is 0 Å². The van der Waals surface area contributed by atoms with E-state index < -0.39 is 5.54 Å². The van der Waals surface area contributed by atoms with E-state index in [2.05, 4.69) is 5.32 Å². The van der Waals surface area contributed by atoms with Crippen molar-refractivity contribution in [2.45, 2.75) is 68.2 Å². The third kappa shape index (κ3) is 2.65. The van der Waals surface area contributed by atoms with Gasteiger partial charge in [0.15, 0.2) is 0 Å². The van der Waals surface area contributed by atoms with Gasteiger partial charge in [0.1, 0.15) is 5.54 Å². The summed E-state index contributed by atoms with van der Waals surface area (Å²) < 4.78 is 0. The van der Waals surface area contributed by atoms with Crippen molar-refractivity contribution in [3.63, 3.8) is 0 Å². The van der Waals surface area contributed by atoms with Gasteiger partial charge >= 0.3 is 0 Å². The van der Waals surface area contributed by atoms with Crippen LogP contribution in [-0.2, 0) is 9.59 Å². The molecule has 4 aliphatic rings. The molecule has 3 saturated carbocycles. The van der Waals surface area contributed by atoms with E-state index in [-0.39, 0.29) is 29.0 Å². The minimum Gasteiger partial charge on any atom is -0.351 e. The summed E-state index contributed by atoms with van der Waals surface area (Å²) >= 11 is 1.88. The Balaban J connectivity index is 1.61. The molecule has 27 heavy (non-hydrogen) atoms. The first kappa shape index (κ1) is 17.6. The van der Waals surface area contributed by atoms with Crippen LogP contribution < -0.4 is 10.2 Å². The zero-order valence-electron chi connectivity index (χ0n) is 15.7. The van der Waals surface area contributed by atoms with Gasteiger partial charge in [0, 0.05) is 29.2 Å². The van der Waals surface area contributed by atoms with Crippen molar-refractivity contribution in [3.05, 3.63) is 30.3 Å². The van der Waals surface area contributed by atoms with Gasteiger partial charge in [-0.3, -0.25) is 14.5 Å². The number of hydrogen-bond donors (Lipinski definition) is 1. The lowest BCUT2D eigenvalue weighted by Gasteiger charge is -2.48. The first-order chi connectivity index (χ1) is 13.2. The van der Waals surface area contributed by atoms with Gasteiger partial charge in [0.25, 0.3) is 0 Å². The molecule has 4 nitrogen and oxygen atoms in total. The SMILES string of the molecule is O=C1CCSC2C3CCC(C3)C2(C(=O)NC2CCCC2)N1c1ccccc1. The van der Waals surface area contributed by atoms with Crippen LogP contribution >= 0.6 is 11.8 Å². The number of thioether (sulfide) groups is 1. The van der Waals surface area contributed by atoms with E-state index in [0.29, 0.717) is 12.3 Å². The van der Waals surface area contributed by atoms with Gasteiger partial charge in [-0.05, 0) is 56.1 Å². The van der Waals surface area contributed by atoms with Gasteiger partial charge < -0.3 is 5.32 Å². The predicted octanol–water partition coefficient (Wildman–Crippen LogP) is 3.75. The molecule has 2 amide bonds. The highest BCUT2D eigenvalue weighted by Gasteiger charge is 2.67. The lowest BCUT2D eigenvalue weighted by Crippen LogP contribution is -2.69. The van der Waals surface area contributed by atoms with Crippen molar-refractivity contribution in [2.75, 3.05) is 10.7 Å². The number of carbonyl (C=O) groups is 2. The Morgan fingerprint density at radius 1 is 1.11 bits per heavy atom. The molecule has 1 aliphatic heterocycles. The van der Waals surface area contributed by atoms with Crippen molar-refractivity contribution in [2.24, 2.45) is 11.8 Å². The lowest BCUT2D eigenvalue weighted by molar-refractivity contribution is -0.132. The number of hydrogen-bond acceptors (Lipinski definition) is 3. The molecule has 4 atom stereocenters. The number of para-hydroxylation sites is 1. The average molecular weight is 385 g/mol. The predicted molar refractivity (Wildman–Crippen MR) is 109 cm³/mol. The minimum absolute atomic E-state index is 0.116. The Bertz CT molecular complexity index is 733. The van der Waals surface area contributed by atoms with E-state index in [1.54, 1.807) is 0 Å². The zero-order valence-corrected chi connectivity index (χ0v) is 16.5. The maximum absolute atomic E-state index is 13.9. The first-order valence-corrected chi connectivity index (χ1v) is 11.6. The average Bonchev–Trinajstić information content (AvgIpc) is 3.39. The van der Waals surface area contributed by atoms with Crippen molar-refractivity contribution in [3.8, 4) is 0 Å². The molecule has 1 aromatic rings. The maximum Gasteiger partial charge on any atom is 0.248 e. The lowest BCUT2D eigenvalue weighted by atomic mass is 9.77. The monoisotopic (exact) mass is 384 g/mol. The molecule has 144 valence electrons. The highest BCUT2D eigenvalue weighted by Crippen LogP contribution is 2.59. The van der Waals surface area contributed by atoms with Crippen LogP contribution in [0.15, 0.2) is 30.3 Å². The van der Waals surface area contributed by atoms with Gasteiger partial charge in [0.05, 0.1) is 0 Å². The van der Waals surface area contributed by atoms with E-state index in [1.165, 1.54) is 19.3 Å². The highest BCUT2D eigenvalue weighted by molar-refractivity contribution is 8.00. The topological polar surface area (TPSA) is 49.4 Å². The molecule has 1 saturated heterocycles. The van der Waals surface area contributed by atoms with Crippen molar-refractivity contribution in [1.82, 2.24) is 5.32 Å². The van der Waals surface area contributed by atoms with Gasteiger partial charge in [-0.15, -0.1) is 0 Å². The molecule has 1 aromatic carbocycles. The number of fused-ring (bicyclic) bond motifs is 5. The Morgan fingerprint density at radius 3 is 2.67 bits per heavy atom. The van der Waals surface area contributed by atoms with Crippen molar-refractivity contribution in [1.29, 1.82) is 0 Å². The number of anilines is 1. The molecule has 0 radical (unpaired) electrons. The molecule has 5 rings (SSSR count). The fourth-order valence-electron chi connectivity index (χ4n) is 6.17. The summed E-state index contributed by atoms with van der Waals surface area (Å²) in [5.41, 5.74) is 0.189. The van der Waals surface area contributed by atoms with Gasteiger partial charge in [-0.25, -0.2) is 0 Å². The molecule has 3 aliphatic carbocycles. The highest BCUT2D eigenvalue weighted by atomic mass is 32.2. The van der Waals surface area contributed by atoms with Gasteiger partial charge in [0.2, 0.25) is 11.8 Å². The largest absolute Gasteiger partial charge is 0.351 e. The number of nitrogens with one attached hydrogen (secondary N) is 1.